The Bertz CT molecular complexity index is 1470. The highest BCUT2D eigenvalue weighted by Crippen LogP contribution is 2.41. The van der Waals surface area contributed by atoms with Gasteiger partial charge >= 0.3 is 0 Å². The maximum absolute atomic E-state index is 6.48. The van der Waals surface area contributed by atoms with Crippen molar-refractivity contribution < 1.29 is 4.74 Å². The average Bonchev–Trinajstić information content (AvgIpc) is 3.28. The number of rotatable bonds is 5. The van der Waals surface area contributed by atoms with Crippen molar-refractivity contribution in [1.82, 2.24) is 9.55 Å². The number of ether oxygens (including phenoxy) is 1. The molecule has 3 aromatic carbocycles. The first-order chi connectivity index (χ1) is 17.1. The second-order valence-electron chi connectivity index (χ2n) is 9.14. The van der Waals surface area contributed by atoms with E-state index in [1.54, 1.807) is 0 Å². The van der Waals surface area contributed by atoms with Crippen LogP contribution in [0.3, 0.4) is 0 Å². The first kappa shape index (κ1) is 21.5. The molecule has 0 saturated heterocycles. The molecule has 0 aliphatic carbocycles. The van der Waals surface area contributed by atoms with Crippen LogP contribution >= 0.6 is 0 Å². The highest BCUT2D eigenvalue weighted by molar-refractivity contribution is 6.27. The second kappa shape index (κ2) is 8.31. The Balaban J connectivity index is 1.52. The van der Waals surface area contributed by atoms with Crippen LogP contribution in [0.25, 0.3) is 22.7 Å². The number of fused-ring (bicyclic) bond motifs is 6. The van der Waals surface area contributed by atoms with Crippen molar-refractivity contribution in [3.63, 3.8) is 0 Å². The molecular formula is C29H29N5O. The van der Waals surface area contributed by atoms with Crippen LogP contribution in [0.4, 0.5) is 11.4 Å². The van der Waals surface area contributed by atoms with Crippen LogP contribution in [-0.4, -0.2) is 42.6 Å². The fourth-order valence-electron chi connectivity index (χ4n) is 4.97. The van der Waals surface area contributed by atoms with E-state index in [-0.39, 0.29) is 6.17 Å². The smallest absolute Gasteiger partial charge is 0.228 e. The van der Waals surface area contributed by atoms with E-state index in [0.29, 0.717) is 5.90 Å². The molecule has 1 atom stereocenters. The third-order valence-corrected chi connectivity index (χ3v) is 6.89. The molecule has 0 saturated carbocycles. The molecule has 35 heavy (non-hydrogen) atoms. The van der Waals surface area contributed by atoms with E-state index in [9.17, 15) is 0 Å². The van der Waals surface area contributed by atoms with Gasteiger partial charge in [-0.3, -0.25) is 4.57 Å². The van der Waals surface area contributed by atoms with E-state index < -0.39 is 0 Å². The lowest BCUT2D eigenvalue weighted by Crippen LogP contribution is -2.27. The summed E-state index contributed by atoms with van der Waals surface area (Å²) < 4.78 is 8.71. The fraction of sp³-hybridized carbons (Fsp3) is 0.241. The maximum atomic E-state index is 6.48. The number of nitrogens with zero attached hydrogens (tertiary/aromatic N) is 5. The molecule has 6 heteroatoms. The Hall–Kier alpha value is -4.06. The molecule has 0 fully saturated rings. The Morgan fingerprint density at radius 2 is 1.66 bits per heavy atom. The number of hydrogen-bond acceptors (Lipinski definition) is 5. The highest BCUT2D eigenvalue weighted by atomic mass is 16.5. The number of anilines is 2. The van der Waals surface area contributed by atoms with E-state index in [1.165, 1.54) is 0 Å². The summed E-state index contributed by atoms with van der Waals surface area (Å²) in [6.07, 6.45) is 1.90. The van der Waals surface area contributed by atoms with Gasteiger partial charge in [-0.2, -0.15) is 0 Å². The summed E-state index contributed by atoms with van der Waals surface area (Å²) in [6.45, 7) is 6.24. The molecule has 0 amide bonds. The van der Waals surface area contributed by atoms with Crippen LogP contribution in [0, 0.1) is 0 Å². The van der Waals surface area contributed by atoms with Gasteiger partial charge in [-0.1, -0.05) is 24.3 Å². The zero-order valence-electron chi connectivity index (χ0n) is 20.6. The van der Waals surface area contributed by atoms with Crippen molar-refractivity contribution in [2.75, 3.05) is 37.0 Å². The van der Waals surface area contributed by atoms with E-state index in [2.05, 4.69) is 95.0 Å². The van der Waals surface area contributed by atoms with Crippen LogP contribution < -0.4 is 14.5 Å². The minimum absolute atomic E-state index is 0.256. The lowest BCUT2D eigenvalue weighted by atomic mass is 10.0. The SMILES string of the molecule is CCN(CC)c1ccc2c(c1)OC1=N[C@@H](c3ccc(N(C)C)cc3)n3c(nc4ccccc43)C1=C2. The maximum Gasteiger partial charge on any atom is 0.228 e. The molecule has 2 aliphatic heterocycles. The summed E-state index contributed by atoms with van der Waals surface area (Å²) in [5.74, 6) is 2.35. The molecule has 4 aromatic rings. The van der Waals surface area contributed by atoms with Crippen LogP contribution in [-0.2, 0) is 0 Å². The van der Waals surface area contributed by atoms with E-state index >= 15 is 0 Å². The van der Waals surface area contributed by atoms with Gasteiger partial charge in [0.2, 0.25) is 5.90 Å². The average molecular weight is 464 g/mol. The van der Waals surface area contributed by atoms with Crippen molar-refractivity contribution in [1.29, 1.82) is 0 Å². The summed E-state index contributed by atoms with van der Waals surface area (Å²) in [5.41, 5.74) is 7.39. The van der Waals surface area contributed by atoms with E-state index in [1.807, 2.05) is 20.2 Å². The van der Waals surface area contributed by atoms with E-state index in [0.717, 1.165) is 63.8 Å². The summed E-state index contributed by atoms with van der Waals surface area (Å²) in [5, 5.41) is 0. The largest absolute Gasteiger partial charge is 0.438 e. The first-order valence-electron chi connectivity index (χ1n) is 12.2. The van der Waals surface area contributed by atoms with Gasteiger partial charge < -0.3 is 14.5 Å². The Morgan fingerprint density at radius 3 is 2.40 bits per heavy atom. The van der Waals surface area contributed by atoms with Crippen LogP contribution in [0.1, 0.15) is 37.0 Å². The molecule has 176 valence electrons. The number of para-hydroxylation sites is 2. The van der Waals surface area contributed by atoms with Crippen molar-refractivity contribution in [2.45, 2.75) is 20.0 Å². The monoisotopic (exact) mass is 463 g/mol. The molecule has 1 aromatic heterocycles. The van der Waals surface area contributed by atoms with E-state index in [4.69, 9.17) is 14.7 Å². The molecule has 6 nitrogen and oxygen atoms in total. The molecule has 0 unspecified atom stereocenters. The molecular weight excluding hydrogens is 434 g/mol. The van der Waals surface area contributed by atoms with Gasteiger partial charge in [-0.15, -0.1) is 0 Å². The van der Waals surface area contributed by atoms with Gasteiger partial charge in [0.05, 0.1) is 16.6 Å². The predicted molar refractivity (Wildman–Crippen MR) is 145 cm³/mol. The van der Waals surface area contributed by atoms with Gasteiger partial charge in [0.25, 0.3) is 0 Å². The van der Waals surface area contributed by atoms with Crippen LogP contribution in [0.2, 0.25) is 0 Å². The summed E-state index contributed by atoms with van der Waals surface area (Å²) in [6, 6.07) is 23.2. The van der Waals surface area contributed by atoms with Crippen molar-refractivity contribution in [2.24, 2.45) is 4.99 Å². The minimum Gasteiger partial charge on any atom is -0.438 e. The van der Waals surface area contributed by atoms with Gasteiger partial charge in [0, 0.05) is 50.2 Å². The Kier molecular flexibility index (Phi) is 5.10. The zero-order valence-corrected chi connectivity index (χ0v) is 20.6. The van der Waals surface area contributed by atoms with Gasteiger partial charge in [-0.25, -0.2) is 9.98 Å². The summed E-state index contributed by atoms with van der Waals surface area (Å²) in [7, 11) is 4.10. The summed E-state index contributed by atoms with van der Waals surface area (Å²) >= 11 is 0. The third kappa shape index (κ3) is 3.48. The Labute approximate surface area is 205 Å². The van der Waals surface area contributed by atoms with Crippen LogP contribution in [0.15, 0.2) is 71.7 Å². The van der Waals surface area contributed by atoms with Crippen LogP contribution in [0.5, 0.6) is 5.75 Å². The first-order valence-corrected chi connectivity index (χ1v) is 12.2. The van der Waals surface area contributed by atoms with Gasteiger partial charge in [0.15, 0.2) is 6.17 Å². The molecule has 3 heterocycles. The number of imidazole rings is 1. The Morgan fingerprint density at radius 1 is 0.914 bits per heavy atom. The number of aromatic nitrogens is 2. The number of hydrogen-bond donors (Lipinski definition) is 0. The van der Waals surface area contributed by atoms with Crippen molar-refractivity contribution in [3.8, 4) is 5.75 Å². The predicted octanol–water partition coefficient (Wildman–Crippen LogP) is 5.84. The third-order valence-electron chi connectivity index (χ3n) is 6.89. The minimum atomic E-state index is -0.256. The molecule has 0 bridgehead atoms. The quantitative estimate of drug-likeness (QED) is 0.373. The molecule has 6 rings (SSSR count). The number of benzene rings is 3. The molecule has 0 N–H and O–H groups in total. The molecule has 0 radical (unpaired) electrons. The second-order valence-corrected chi connectivity index (χ2v) is 9.14. The van der Waals surface area contributed by atoms with Crippen molar-refractivity contribution in [3.05, 3.63) is 83.7 Å². The number of aliphatic imine (C=N–C) groups is 1. The molecule has 2 aliphatic rings. The lowest BCUT2D eigenvalue weighted by Gasteiger charge is -2.29. The fourth-order valence-corrected chi connectivity index (χ4v) is 4.97. The van der Waals surface area contributed by atoms with Gasteiger partial charge in [-0.05, 0) is 61.9 Å². The zero-order chi connectivity index (χ0) is 24.1. The highest BCUT2D eigenvalue weighted by Gasteiger charge is 2.33. The standard InChI is InChI=1S/C29H29N5O/c1-5-33(6-2)22-16-13-20-17-23-28-30-24-9-7-8-10-25(24)34(28)27(31-29(23)35-26(20)18-22)19-11-14-21(15-12-19)32(3)4/h7-18,27H,5-6H2,1-4H3/t27-/m1/s1. The molecule has 0 spiro atoms. The topological polar surface area (TPSA) is 45.9 Å². The van der Waals surface area contributed by atoms with Gasteiger partial charge in [0.1, 0.15) is 11.6 Å². The van der Waals surface area contributed by atoms with Crippen molar-refractivity contribution >= 4 is 40.0 Å². The summed E-state index contributed by atoms with van der Waals surface area (Å²) in [4.78, 5) is 14.6. The lowest BCUT2D eigenvalue weighted by molar-refractivity contribution is 0.516. The normalized spacial score (nSPS) is 15.9.